The monoisotopic (exact) mass is 116 g/mol. The van der Waals surface area contributed by atoms with Gasteiger partial charge in [-0.15, -0.1) is 0 Å². The third-order valence-electron chi connectivity index (χ3n) is 0.759. The maximum absolute atomic E-state index is 9.71. The van der Waals surface area contributed by atoms with Crippen LogP contribution in [0.15, 0.2) is 0 Å². The summed E-state index contributed by atoms with van der Waals surface area (Å²) in [5.74, 6) is 0. The van der Waals surface area contributed by atoms with Crippen molar-refractivity contribution < 1.29 is 9.90 Å². The molecule has 1 N–H and O–H groups in total. The second-order valence-corrected chi connectivity index (χ2v) is 1.52. The van der Waals surface area contributed by atoms with Crippen LogP contribution in [-0.4, -0.2) is 17.7 Å². The Morgan fingerprint density at radius 1 is 1.75 bits per heavy atom. The Kier molecular flexibility index (Phi) is 4.03. The Bertz CT molecular complexity index is 72.8. The Labute approximate surface area is 48.7 Å². The summed E-state index contributed by atoms with van der Waals surface area (Å²) in [5, 5.41) is 11.2. The van der Waals surface area contributed by atoms with Crippen LogP contribution >= 0.6 is 0 Å². The van der Waals surface area contributed by atoms with Crippen molar-refractivity contribution in [1.29, 1.82) is 0 Å². The summed E-state index contributed by atoms with van der Waals surface area (Å²) >= 11 is 0. The topological polar surface area (TPSA) is 51.4 Å². The molecule has 0 heterocycles. The molecule has 0 aromatic heterocycles. The molecule has 0 saturated heterocycles. The number of hydrogen-bond donors (Lipinski definition) is 1. The van der Waals surface area contributed by atoms with E-state index in [0.29, 0.717) is 6.54 Å². The number of carboxylic acid groups (broad SMARTS) is 1. The Hall–Kier alpha value is -0.730. The van der Waals surface area contributed by atoms with Gasteiger partial charge in [0.2, 0.25) is 0 Å². The molecule has 0 spiro atoms. The maximum atomic E-state index is 9.71. The van der Waals surface area contributed by atoms with Crippen LogP contribution in [0.3, 0.4) is 0 Å². The van der Waals surface area contributed by atoms with E-state index in [4.69, 9.17) is 5.11 Å². The van der Waals surface area contributed by atoms with Gasteiger partial charge in [-0.2, -0.15) is 0 Å². The average molecular weight is 116 g/mol. The van der Waals surface area contributed by atoms with E-state index < -0.39 is 6.09 Å². The lowest BCUT2D eigenvalue weighted by atomic mass is 10.3. The molecule has 0 rings (SSSR count). The van der Waals surface area contributed by atoms with Gasteiger partial charge in [-0.1, -0.05) is 13.3 Å². The first kappa shape index (κ1) is 7.27. The number of amides is 1. The molecule has 0 aromatic rings. The van der Waals surface area contributed by atoms with Crippen molar-refractivity contribution in [2.45, 2.75) is 19.8 Å². The maximum Gasteiger partial charge on any atom is 0.426 e. The van der Waals surface area contributed by atoms with Gasteiger partial charge >= 0.3 is 6.09 Å². The zero-order valence-electron chi connectivity index (χ0n) is 4.92. The fraction of sp³-hybridized carbons (Fsp3) is 0.800. The molecule has 1 radical (unpaired) electrons. The summed E-state index contributed by atoms with van der Waals surface area (Å²) in [5.41, 5.74) is 0. The zero-order chi connectivity index (χ0) is 6.41. The number of rotatable bonds is 3. The van der Waals surface area contributed by atoms with Crippen LogP contribution in [0.1, 0.15) is 19.8 Å². The number of unbranched alkanes of at least 4 members (excludes halogenated alkanes) is 1. The molecule has 1 amide bonds. The van der Waals surface area contributed by atoms with Gasteiger partial charge in [0.05, 0.1) is 0 Å². The smallest absolute Gasteiger partial charge is 0.426 e. The lowest BCUT2D eigenvalue weighted by Crippen LogP contribution is -2.12. The zero-order valence-corrected chi connectivity index (χ0v) is 4.92. The van der Waals surface area contributed by atoms with E-state index >= 15 is 0 Å². The fourth-order valence-corrected chi connectivity index (χ4v) is 0.333. The molecule has 0 aromatic carbocycles. The van der Waals surface area contributed by atoms with E-state index in [1.165, 1.54) is 0 Å². The van der Waals surface area contributed by atoms with Crippen LogP contribution in [0, 0.1) is 0 Å². The highest BCUT2D eigenvalue weighted by Crippen LogP contribution is 1.82. The minimum absolute atomic E-state index is 0.450. The van der Waals surface area contributed by atoms with E-state index in [0.717, 1.165) is 12.8 Å². The molecule has 0 fully saturated rings. The van der Waals surface area contributed by atoms with E-state index in [9.17, 15) is 4.79 Å². The van der Waals surface area contributed by atoms with Crippen LogP contribution in [-0.2, 0) is 0 Å². The van der Waals surface area contributed by atoms with Crippen molar-refractivity contribution in [2.24, 2.45) is 0 Å². The van der Waals surface area contributed by atoms with Gasteiger partial charge in [0.15, 0.2) is 0 Å². The Morgan fingerprint density at radius 3 is 2.75 bits per heavy atom. The summed E-state index contributed by atoms with van der Waals surface area (Å²) < 4.78 is 0. The first-order chi connectivity index (χ1) is 3.77. The number of nitrogens with zero attached hydrogens (tertiary/aromatic N) is 1. The number of carbonyl (C=O) groups is 1. The third kappa shape index (κ3) is 5.27. The van der Waals surface area contributed by atoms with Crippen molar-refractivity contribution in [3.05, 3.63) is 0 Å². The third-order valence-corrected chi connectivity index (χ3v) is 0.759. The highest BCUT2D eigenvalue weighted by atomic mass is 16.4. The van der Waals surface area contributed by atoms with Crippen LogP contribution < -0.4 is 5.32 Å². The summed E-state index contributed by atoms with van der Waals surface area (Å²) in [7, 11) is 0. The summed E-state index contributed by atoms with van der Waals surface area (Å²) in [4.78, 5) is 9.71. The molecule has 0 aliphatic carbocycles. The van der Waals surface area contributed by atoms with Crippen molar-refractivity contribution in [3.8, 4) is 0 Å². The van der Waals surface area contributed by atoms with Gasteiger partial charge in [-0.05, 0) is 6.42 Å². The Balaban J connectivity index is 2.82. The van der Waals surface area contributed by atoms with Crippen molar-refractivity contribution >= 4 is 6.09 Å². The second-order valence-electron chi connectivity index (χ2n) is 1.52. The van der Waals surface area contributed by atoms with Crippen molar-refractivity contribution in [3.63, 3.8) is 0 Å². The molecule has 0 saturated carbocycles. The van der Waals surface area contributed by atoms with E-state index in [2.05, 4.69) is 5.32 Å². The number of hydrogen-bond acceptors (Lipinski definition) is 1. The molecule has 0 bridgehead atoms. The van der Waals surface area contributed by atoms with E-state index in [-0.39, 0.29) is 0 Å². The van der Waals surface area contributed by atoms with Crippen LogP contribution in [0.5, 0.6) is 0 Å². The molecule has 8 heavy (non-hydrogen) atoms. The van der Waals surface area contributed by atoms with Gasteiger partial charge in [-0.3, -0.25) is 0 Å². The highest BCUT2D eigenvalue weighted by Gasteiger charge is 1.92. The van der Waals surface area contributed by atoms with Crippen molar-refractivity contribution in [2.75, 3.05) is 6.54 Å². The quantitative estimate of drug-likeness (QED) is 0.560. The Morgan fingerprint density at radius 2 is 2.38 bits per heavy atom. The lowest BCUT2D eigenvalue weighted by Gasteiger charge is -1.91. The molecule has 3 heteroatoms. The van der Waals surface area contributed by atoms with Crippen LogP contribution in [0.4, 0.5) is 4.79 Å². The highest BCUT2D eigenvalue weighted by molar-refractivity contribution is 5.63. The SMILES string of the molecule is CCCC[N]C(=O)O. The molecule has 0 atom stereocenters. The normalized spacial score (nSPS) is 8.62. The summed E-state index contributed by atoms with van der Waals surface area (Å²) in [6.07, 6.45) is 0.807. The van der Waals surface area contributed by atoms with Crippen LogP contribution in [0.2, 0.25) is 0 Å². The summed E-state index contributed by atoms with van der Waals surface area (Å²) in [6, 6.07) is 0. The molecule has 3 nitrogen and oxygen atoms in total. The first-order valence-corrected chi connectivity index (χ1v) is 2.67. The molecular weight excluding hydrogens is 106 g/mol. The molecule has 0 aliphatic rings. The van der Waals surface area contributed by atoms with Gasteiger partial charge in [-0.25, -0.2) is 10.1 Å². The first-order valence-electron chi connectivity index (χ1n) is 2.67. The molecule has 0 unspecified atom stereocenters. The van der Waals surface area contributed by atoms with E-state index in [1.54, 1.807) is 0 Å². The fourth-order valence-electron chi connectivity index (χ4n) is 0.333. The standard InChI is InChI=1S/C5H10NO2/c1-2-3-4-6-5(7)8/h2-4H2,1H3,(H,7,8). The second kappa shape index (κ2) is 4.43. The van der Waals surface area contributed by atoms with Gasteiger partial charge in [0.25, 0.3) is 0 Å². The molecule has 0 aliphatic heterocycles. The van der Waals surface area contributed by atoms with Crippen LogP contribution in [0.25, 0.3) is 0 Å². The van der Waals surface area contributed by atoms with Gasteiger partial charge in [0.1, 0.15) is 0 Å². The average Bonchev–Trinajstić information content (AvgIpc) is 1.66. The van der Waals surface area contributed by atoms with Crippen molar-refractivity contribution in [1.82, 2.24) is 5.32 Å². The largest absolute Gasteiger partial charge is 0.464 e. The van der Waals surface area contributed by atoms with E-state index in [1.807, 2.05) is 6.92 Å². The molecular formula is C5H10NO2. The predicted molar refractivity (Wildman–Crippen MR) is 29.9 cm³/mol. The van der Waals surface area contributed by atoms with Gasteiger partial charge < -0.3 is 5.11 Å². The summed E-state index contributed by atoms with van der Waals surface area (Å²) in [6.45, 7) is 2.45. The molecule has 47 valence electrons. The van der Waals surface area contributed by atoms with Gasteiger partial charge in [0, 0.05) is 6.54 Å². The predicted octanol–water partition coefficient (Wildman–Crippen LogP) is 1.07. The minimum Gasteiger partial charge on any atom is -0.464 e. The minimum atomic E-state index is -1.06. The lowest BCUT2D eigenvalue weighted by molar-refractivity contribution is 0.193.